The summed E-state index contributed by atoms with van der Waals surface area (Å²) in [5.74, 6) is 2.87. The van der Waals surface area contributed by atoms with Gasteiger partial charge >= 0.3 is 0 Å². The number of fused-ring (bicyclic) bond motifs is 1. The minimum absolute atomic E-state index is 0.0163. The van der Waals surface area contributed by atoms with Crippen molar-refractivity contribution in [3.63, 3.8) is 0 Å². The number of nitrogens with zero attached hydrogens (tertiary/aromatic N) is 1. The monoisotopic (exact) mass is 307 g/mol. The third-order valence-electron chi connectivity index (χ3n) is 4.19. The van der Waals surface area contributed by atoms with Crippen molar-refractivity contribution in [3.05, 3.63) is 71.1 Å². The SMILES string of the molecule is COc1ccc(C2C3=C(NCN=C3N)Oc3ccccc32)cc1. The molecule has 2 aromatic rings. The summed E-state index contributed by atoms with van der Waals surface area (Å²) < 4.78 is 11.2. The second-order valence-electron chi connectivity index (χ2n) is 5.47. The van der Waals surface area contributed by atoms with Crippen LogP contribution in [0.2, 0.25) is 0 Å². The van der Waals surface area contributed by atoms with Crippen molar-refractivity contribution >= 4 is 5.84 Å². The Bertz CT molecular complexity index is 809. The summed E-state index contributed by atoms with van der Waals surface area (Å²) in [7, 11) is 1.66. The smallest absolute Gasteiger partial charge is 0.202 e. The van der Waals surface area contributed by atoms with Gasteiger partial charge in [0.15, 0.2) is 0 Å². The van der Waals surface area contributed by atoms with E-state index in [0.717, 1.165) is 28.2 Å². The second kappa shape index (κ2) is 5.35. The third kappa shape index (κ3) is 2.21. The van der Waals surface area contributed by atoms with E-state index >= 15 is 0 Å². The Morgan fingerprint density at radius 3 is 2.74 bits per heavy atom. The lowest BCUT2D eigenvalue weighted by Crippen LogP contribution is -2.37. The third-order valence-corrected chi connectivity index (χ3v) is 4.19. The van der Waals surface area contributed by atoms with Gasteiger partial charge in [-0.2, -0.15) is 0 Å². The molecule has 0 spiro atoms. The number of hydrogen-bond acceptors (Lipinski definition) is 5. The Morgan fingerprint density at radius 1 is 1.17 bits per heavy atom. The molecule has 5 heteroatoms. The van der Waals surface area contributed by atoms with E-state index in [-0.39, 0.29) is 5.92 Å². The summed E-state index contributed by atoms with van der Waals surface area (Å²) in [6.45, 7) is 0.433. The molecule has 0 amide bonds. The fourth-order valence-electron chi connectivity index (χ4n) is 3.08. The summed E-state index contributed by atoms with van der Waals surface area (Å²) in [5.41, 5.74) is 9.27. The first-order chi connectivity index (χ1) is 11.3. The molecular formula is C18H17N3O2. The van der Waals surface area contributed by atoms with Crippen molar-refractivity contribution < 1.29 is 9.47 Å². The maximum atomic E-state index is 6.18. The molecule has 3 N–H and O–H groups in total. The maximum Gasteiger partial charge on any atom is 0.202 e. The molecule has 0 radical (unpaired) electrons. The molecule has 5 nitrogen and oxygen atoms in total. The van der Waals surface area contributed by atoms with Crippen molar-refractivity contribution in [2.24, 2.45) is 10.7 Å². The first-order valence-electron chi connectivity index (χ1n) is 7.47. The Balaban J connectivity index is 1.89. The van der Waals surface area contributed by atoms with Crippen LogP contribution in [0, 0.1) is 0 Å². The highest BCUT2D eigenvalue weighted by atomic mass is 16.5. The Kier molecular flexibility index (Phi) is 3.19. The van der Waals surface area contributed by atoms with Crippen molar-refractivity contribution in [2.45, 2.75) is 5.92 Å². The molecule has 0 bridgehead atoms. The molecule has 0 aromatic heterocycles. The molecule has 1 atom stereocenters. The van der Waals surface area contributed by atoms with Crippen LogP contribution >= 0.6 is 0 Å². The van der Waals surface area contributed by atoms with Crippen molar-refractivity contribution in [1.82, 2.24) is 5.32 Å². The first-order valence-corrected chi connectivity index (χ1v) is 7.47. The number of nitrogens with one attached hydrogen (secondary N) is 1. The standard InChI is InChI=1S/C18H17N3O2/c1-22-12-8-6-11(7-9-12)15-13-4-2-3-5-14(13)23-18-16(15)17(19)20-10-21-18/h2-9,15,21H,10H2,1H3,(H2,19,20). The molecular weight excluding hydrogens is 290 g/mol. The predicted octanol–water partition coefficient (Wildman–Crippen LogP) is 2.35. The minimum atomic E-state index is -0.0163. The van der Waals surface area contributed by atoms with E-state index in [1.807, 2.05) is 30.3 Å². The quantitative estimate of drug-likeness (QED) is 0.893. The van der Waals surface area contributed by atoms with Crippen LogP contribution in [0.4, 0.5) is 0 Å². The summed E-state index contributed by atoms with van der Waals surface area (Å²) in [4.78, 5) is 4.32. The van der Waals surface area contributed by atoms with Crippen molar-refractivity contribution in [1.29, 1.82) is 0 Å². The van der Waals surface area contributed by atoms with Crippen molar-refractivity contribution in [2.75, 3.05) is 13.8 Å². The zero-order chi connectivity index (χ0) is 15.8. The van der Waals surface area contributed by atoms with E-state index in [0.29, 0.717) is 18.4 Å². The number of nitrogens with two attached hydrogens (primary N) is 1. The number of aliphatic imine (C=N–C) groups is 1. The van der Waals surface area contributed by atoms with Gasteiger partial charge in [-0.25, -0.2) is 4.99 Å². The molecule has 4 rings (SSSR count). The van der Waals surface area contributed by atoms with Crippen LogP contribution in [0.5, 0.6) is 11.5 Å². The first kappa shape index (κ1) is 13.7. The topological polar surface area (TPSA) is 68.9 Å². The van der Waals surface area contributed by atoms with E-state index in [1.54, 1.807) is 7.11 Å². The zero-order valence-corrected chi connectivity index (χ0v) is 12.7. The number of hydrogen-bond donors (Lipinski definition) is 2. The molecule has 116 valence electrons. The Hall–Kier alpha value is -2.95. The summed E-state index contributed by atoms with van der Waals surface area (Å²) in [5, 5.41) is 3.18. The number of ether oxygens (including phenoxy) is 2. The molecule has 2 aromatic carbocycles. The van der Waals surface area contributed by atoms with Crippen LogP contribution in [0.15, 0.2) is 65.0 Å². The predicted molar refractivity (Wildman–Crippen MR) is 88.6 cm³/mol. The number of amidine groups is 1. The van der Waals surface area contributed by atoms with E-state index in [2.05, 4.69) is 28.5 Å². The molecule has 2 aliphatic rings. The van der Waals surface area contributed by atoms with Gasteiger partial charge in [-0.15, -0.1) is 0 Å². The maximum absolute atomic E-state index is 6.18. The van der Waals surface area contributed by atoms with Gasteiger partial charge in [0.05, 0.1) is 12.7 Å². The Labute approximate surface area is 134 Å². The summed E-state index contributed by atoms with van der Waals surface area (Å²) >= 11 is 0. The average molecular weight is 307 g/mol. The fourth-order valence-corrected chi connectivity index (χ4v) is 3.08. The number of para-hydroxylation sites is 1. The van der Waals surface area contributed by atoms with Gasteiger partial charge in [-0.3, -0.25) is 0 Å². The molecule has 0 fully saturated rings. The highest BCUT2D eigenvalue weighted by molar-refractivity contribution is 6.00. The van der Waals surface area contributed by atoms with E-state index < -0.39 is 0 Å². The molecule has 0 saturated carbocycles. The zero-order valence-electron chi connectivity index (χ0n) is 12.7. The van der Waals surface area contributed by atoms with E-state index in [9.17, 15) is 0 Å². The van der Waals surface area contributed by atoms with E-state index in [1.165, 1.54) is 0 Å². The minimum Gasteiger partial charge on any atom is -0.497 e. The average Bonchev–Trinajstić information content (AvgIpc) is 2.60. The van der Waals surface area contributed by atoms with Gasteiger partial charge < -0.3 is 20.5 Å². The molecule has 2 aliphatic heterocycles. The fraction of sp³-hybridized carbons (Fsp3) is 0.167. The largest absolute Gasteiger partial charge is 0.497 e. The lowest BCUT2D eigenvalue weighted by atomic mass is 9.82. The lowest BCUT2D eigenvalue weighted by Gasteiger charge is -2.32. The highest BCUT2D eigenvalue weighted by Gasteiger charge is 2.34. The van der Waals surface area contributed by atoms with Crippen LogP contribution < -0.4 is 20.5 Å². The normalized spacial score (nSPS) is 19.0. The van der Waals surface area contributed by atoms with Gasteiger partial charge in [-0.05, 0) is 23.8 Å². The number of benzene rings is 2. The number of methoxy groups -OCH3 is 1. The van der Waals surface area contributed by atoms with Crippen LogP contribution in [0.25, 0.3) is 0 Å². The second-order valence-corrected chi connectivity index (χ2v) is 5.47. The summed E-state index contributed by atoms with van der Waals surface area (Å²) in [6.07, 6.45) is 0. The Morgan fingerprint density at radius 2 is 1.96 bits per heavy atom. The van der Waals surface area contributed by atoms with Gasteiger partial charge in [-0.1, -0.05) is 30.3 Å². The van der Waals surface area contributed by atoms with Crippen LogP contribution in [-0.2, 0) is 0 Å². The molecule has 23 heavy (non-hydrogen) atoms. The molecule has 2 heterocycles. The lowest BCUT2D eigenvalue weighted by molar-refractivity contribution is 0.356. The van der Waals surface area contributed by atoms with Gasteiger partial charge in [0.2, 0.25) is 5.88 Å². The van der Waals surface area contributed by atoms with Crippen LogP contribution in [0.1, 0.15) is 17.0 Å². The number of rotatable bonds is 2. The molecule has 0 aliphatic carbocycles. The van der Waals surface area contributed by atoms with Gasteiger partial charge in [0.1, 0.15) is 24.0 Å². The molecule has 1 unspecified atom stereocenters. The molecule has 0 saturated heterocycles. The van der Waals surface area contributed by atoms with Gasteiger partial charge in [0, 0.05) is 11.5 Å². The van der Waals surface area contributed by atoms with Gasteiger partial charge in [0.25, 0.3) is 0 Å². The van der Waals surface area contributed by atoms with E-state index in [4.69, 9.17) is 15.2 Å². The summed E-state index contributed by atoms with van der Waals surface area (Å²) in [6, 6.07) is 16.0. The van der Waals surface area contributed by atoms with Crippen molar-refractivity contribution in [3.8, 4) is 11.5 Å². The highest BCUT2D eigenvalue weighted by Crippen LogP contribution is 2.43. The van der Waals surface area contributed by atoms with Crippen LogP contribution in [-0.4, -0.2) is 19.6 Å². The van der Waals surface area contributed by atoms with Crippen LogP contribution in [0.3, 0.4) is 0 Å².